The summed E-state index contributed by atoms with van der Waals surface area (Å²) in [6.07, 6.45) is 0.434. The first-order chi connectivity index (χ1) is 8.56. The van der Waals surface area contributed by atoms with E-state index in [0.29, 0.717) is 19.5 Å². The molecule has 0 spiro atoms. The molecule has 2 rings (SSSR count). The number of primary amides is 1. The molecule has 0 saturated carbocycles. The number of nitrogens with two attached hydrogens (primary N) is 1. The molecule has 1 aliphatic heterocycles. The van der Waals surface area contributed by atoms with Gasteiger partial charge in [0.2, 0.25) is 0 Å². The molecule has 1 aromatic heterocycles. The van der Waals surface area contributed by atoms with E-state index in [1.54, 1.807) is 0 Å². The molecule has 0 bridgehead atoms. The highest BCUT2D eigenvalue weighted by molar-refractivity contribution is 5.92. The minimum atomic E-state index is -0.932. The molecule has 1 atom stereocenters. The van der Waals surface area contributed by atoms with Crippen molar-refractivity contribution in [2.75, 3.05) is 13.1 Å². The molecule has 0 aliphatic carbocycles. The van der Waals surface area contributed by atoms with Gasteiger partial charge in [0.1, 0.15) is 5.69 Å². The number of carbonyl (C=O) groups excluding carboxylic acids is 2. The predicted molar refractivity (Wildman–Crippen MR) is 61.0 cm³/mol. The maximum atomic E-state index is 11.9. The van der Waals surface area contributed by atoms with Gasteiger partial charge in [0.25, 0.3) is 5.91 Å². The Morgan fingerprint density at radius 1 is 1.50 bits per heavy atom. The van der Waals surface area contributed by atoms with E-state index in [0.717, 1.165) is 0 Å². The van der Waals surface area contributed by atoms with Crippen LogP contribution < -0.4 is 10.5 Å². The van der Waals surface area contributed by atoms with Crippen molar-refractivity contribution in [1.29, 1.82) is 0 Å². The van der Waals surface area contributed by atoms with Crippen molar-refractivity contribution < 1.29 is 19.4 Å². The number of carbonyl (C=O) groups is 2. The van der Waals surface area contributed by atoms with Gasteiger partial charge in [-0.25, -0.2) is 9.78 Å². The number of hydrogen-bond acceptors (Lipinski definition) is 5. The molecule has 0 unspecified atom stereocenters. The number of pyridine rings is 1. The molecular formula is C11H13N3O4. The molecule has 1 aromatic rings. The molecular weight excluding hydrogens is 238 g/mol. The highest BCUT2D eigenvalue weighted by atomic mass is 16.5. The van der Waals surface area contributed by atoms with Gasteiger partial charge >= 0.3 is 6.09 Å². The second-order valence-electron chi connectivity index (χ2n) is 3.99. The highest BCUT2D eigenvalue weighted by Gasteiger charge is 2.26. The predicted octanol–water partition coefficient (Wildman–Crippen LogP) is -0.254. The average Bonchev–Trinajstić information content (AvgIpc) is 2.75. The number of aromatic nitrogens is 1. The van der Waals surface area contributed by atoms with Crippen molar-refractivity contribution in [3.05, 3.63) is 24.0 Å². The fourth-order valence-corrected chi connectivity index (χ4v) is 1.77. The van der Waals surface area contributed by atoms with Crippen molar-refractivity contribution in [3.63, 3.8) is 0 Å². The first-order valence-corrected chi connectivity index (χ1v) is 5.47. The maximum Gasteiger partial charge on any atom is 0.410 e. The van der Waals surface area contributed by atoms with Crippen molar-refractivity contribution >= 4 is 12.0 Å². The van der Waals surface area contributed by atoms with Crippen LogP contribution in [-0.2, 0) is 0 Å². The van der Waals surface area contributed by atoms with Crippen LogP contribution in [0.5, 0.6) is 5.75 Å². The zero-order valence-electron chi connectivity index (χ0n) is 9.57. The molecule has 2 heterocycles. The minimum Gasteiger partial charge on any atom is -0.409 e. The zero-order chi connectivity index (χ0) is 13.1. The molecule has 0 radical (unpaired) electrons. The quantitative estimate of drug-likeness (QED) is 0.753. The number of hydrogen-bond donors (Lipinski definition) is 2. The fraction of sp³-hybridized carbons (Fsp3) is 0.364. The maximum absolute atomic E-state index is 11.9. The Bertz CT molecular complexity index is 460. The minimum absolute atomic E-state index is 0.181. The van der Waals surface area contributed by atoms with E-state index in [1.807, 2.05) is 0 Å². The van der Waals surface area contributed by atoms with Crippen molar-refractivity contribution in [3.8, 4) is 5.75 Å². The van der Waals surface area contributed by atoms with Crippen LogP contribution in [0.2, 0.25) is 0 Å². The van der Waals surface area contributed by atoms with E-state index in [2.05, 4.69) is 9.72 Å². The van der Waals surface area contributed by atoms with Crippen LogP contribution >= 0.6 is 0 Å². The highest BCUT2D eigenvalue weighted by Crippen LogP contribution is 2.14. The fourth-order valence-electron chi connectivity index (χ4n) is 1.77. The van der Waals surface area contributed by atoms with Gasteiger partial charge in [0.05, 0.1) is 12.3 Å². The molecule has 96 valence electrons. The van der Waals surface area contributed by atoms with E-state index < -0.39 is 12.2 Å². The summed E-state index contributed by atoms with van der Waals surface area (Å²) in [4.78, 5) is 27.9. The summed E-state index contributed by atoms with van der Waals surface area (Å²) in [7, 11) is 0. The molecule has 2 amide bonds. The van der Waals surface area contributed by atoms with Crippen LogP contribution in [0, 0.1) is 0 Å². The lowest BCUT2D eigenvalue weighted by atomic mass is 10.3. The van der Waals surface area contributed by atoms with E-state index >= 15 is 0 Å². The molecule has 1 fully saturated rings. The topological polar surface area (TPSA) is 106 Å². The molecule has 7 heteroatoms. The Morgan fingerprint density at radius 2 is 2.28 bits per heavy atom. The molecule has 18 heavy (non-hydrogen) atoms. The summed E-state index contributed by atoms with van der Waals surface area (Å²) in [5.41, 5.74) is 5.08. The third kappa shape index (κ3) is 2.75. The van der Waals surface area contributed by atoms with Gasteiger partial charge in [-0.05, 0) is 18.6 Å². The van der Waals surface area contributed by atoms with Crippen molar-refractivity contribution in [2.24, 2.45) is 5.73 Å². The molecule has 0 aromatic carbocycles. The standard InChI is InChI=1S/C11H13N3O4/c12-11(17)18-8-1-2-9(13-5-8)10(16)14-4-3-7(15)6-14/h1-2,5,7,15H,3-4,6H2,(H2,12,17)/t7-/m0/s1. The first-order valence-electron chi connectivity index (χ1n) is 5.47. The van der Waals surface area contributed by atoms with Gasteiger partial charge in [-0.1, -0.05) is 0 Å². The van der Waals surface area contributed by atoms with Crippen LogP contribution in [0.25, 0.3) is 0 Å². The SMILES string of the molecule is NC(=O)Oc1ccc(C(=O)N2CC[C@H](O)C2)nc1. The summed E-state index contributed by atoms with van der Waals surface area (Å²) in [6.45, 7) is 0.835. The number of aliphatic hydroxyl groups excluding tert-OH is 1. The summed E-state index contributed by atoms with van der Waals surface area (Å²) >= 11 is 0. The van der Waals surface area contributed by atoms with E-state index in [-0.39, 0.29) is 17.4 Å². The first kappa shape index (κ1) is 12.3. The van der Waals surface area contributed by atoms with Gasteiger partial charge in [-0.2, -0.15) is 0 Å². The van der Waals surface area contributed by atoms with Gasteiger partial charge in [0, 0.05) is 13.1 Å². The van der Waals surface area contributed by atoms with E-state index in [1.165, 1.54) is 23.2 Å². The van der Waals surface area contributed by atoms with E-state index in [4.69, 9.17) is 5.73 Å². The molecule has 3 N–H and O–H groups in total. The number of aliphatic hydroxyl groups is 1. The van der Waals surface area contributed by atoms with Gasteiger partial charge in [-0.3, -0.25) is 4.79 Å². The summed E-state index contributed by atoms with van der Waals surface area (Å²) < 4.78 is 4.60. The monoisotopic (exact) mass is 251 g/mol. The number of rotatable bonds is 2. The van der Waals surface area contributed by atoms with Gasteiger partial charge < -0.3 is 20.5 Å². The van der Waals surface area contributed by atoms with Crippen molar-refractivity contribution in [2.45, 2.75) is 12.5 Å². The van der Waals surface area contributed by atoms with Crippen LogP contribution in [0.4, 0.5) is 4.79 Å². The number of likely N-dealkylation sites (tertiary alicyclic amines) is 1. The Labute approximate surface area is 103 Å². The zero-order valence-corrected chi connectivity index (χ0v) is 9.57. The number of ether oxygens (including phenoxy) is 1. The third-order valence-electron chi connectivity index (χ3n) is 2.62. The third-order valence-corrected chi connectivity index (χ3v) is 2.62. The lowest BCUT2D eigenvalue weighted by Gasteiger charge is -2.14. The largest absolute Gasteiger partial charge is 0.410 e. The van der Waals surface area contributed by atoms with Crippen LogP contribution in [0.3, 0.4) is 0 Å². The Hall–Kier alpha value is -2.15. The normalized spacial score (nSPS) is 18.7. The second kappa shape index (κ2) is 5.01. The lowest BCUT2D eigenvalue weighted by molar-refractivity contribution is 0.0759. The Morgan fingerprint density at radius 3 is 2.78 bits per heavy atom. The van der Waals surface area contributed by atoms with Gasteiger partial charge in [-0.15, -0.1) is 0 Å². The summed E-state index contributed by atoms with van der Waals surface area (Å²) in [6, 6.07) is 2.89. The van der Waals surface area contributed by atoms with E-state index in [9.17, 15) is 14.7 Å². The van der Waals surface area contributed by atoms with Crippen LogP contribution in [0.15, 0.2) is 18.3 Å². The second-order valence-corrected chi connectivity index (χ2v) is 3.99. The van der Waals surface area contributed by atoms with Gasteiger partial charge in [0.15, 0.2) is 5.75 Å². The lowest BCUT2D eigenvalue weighted by Crippen LogP contribution is -2.30. The van der Waals surface area contributed by atoms with Crippen LogP contribution in [0.1, 0.15) is 16.9 Å². The molecule has 1 aliphatic rings. The van der Waals surface area contributed by atoms with Crippen LogP contribution in [-0.4, -0.2) is 46.2 Å². The number of amides is 2. The average molecular weight is 251 g/mol. The smallest absolute Gasteiger partial charge is 0.409 e. The Balaban J connectivity index is 2.05. The molecule has 1 saturated heterocycles. The summed E-state index contributed by atoms with van der Waals surface area (Å²) in [5, 5.41) is 9.35. The van der Waals surface area contributed by atoms with Crippen molar-refractivity contribution in [1.82, 2.24) is 9.88 Å². The number of β-amino-alcohol motifs (C(OH)–C–C–N with tert-alkyl or cyclic N) is 1. The number of nitrogens with zero attached hydrogens (tertiary/aromatic N) is 2. The summed E-state index contributed by atoms with van der Waals surface area (Å²) in [5.74, 6) is -0.0716. The Kier molecular flexibility index (Phi) is 3.42. The molecule has 7 nitrogen and oxygen atoms in total.